The molecule has 0 saturated carbocycles. The lowest BCUT2D eigenvalue weighted by atomic mass is 10.1. The molecule has 0 atom stereocenters. The van der Waals surface area contributed by atoms with Crippen molar-refractivity contribution in [3.8, 4) is 17.2 Å². The molecule has 0 unspecified atom stereocenters. The van der Waals surface area contributed by atoms with E-state index in [2.05, 4.69) is 4.99 Å². The molecule has 1 aliphatic heterocycles. The van der Waals surface area contributed by atoms with E-state index in [1.165, 1.54) is 38.1 Å². The minimum absolute atomic E-state index is 0.183. The lowest BCUT2D eigenvalue weighted by molar-refractivity contribution is -0.120. The molecular formula is C21H21Cl2N3O5S. The Hall–Kier alpha value is -2.62. The molecule has 0 spiro atoms. The zero-order valence-electron chi connectivity index (χ0n) is 17.4. The lowest BCUT2D eigenvalue weighted by Gasteiger charge is -2.28. The van der Waals surface area contributed by atoms with Crippen LogP contribution in [0.3, 0.4) is 0 Å². The summed E-state index contributed by atoms with van der Waals surface area (Å²) in [6.07, 6.45) is 0.810. The summed E-state index contributed by atoms with van der Waals surface area (Å²) in [4.78, 5) is 30.7. The first-order valence-electron chi connectivity index (χ1n) is 9.49. The average molecular weight is 498 g/mol. The van der Waals surface area contributed by atoms with Gasteiger partial charge in [-0.15, -0.1) is 0 Å². The number of aliphatic imine (C=N–C) groups is 1. The van der Waals surface area contributed by atoms with E-state index in [0.717, 1.165) is 12.2 Å². The zero-order valence-corrected chi connectivity index (χ0v) is 19.7. The van der Waals surface area contributed by atoms with Gasteiger partial charge in [0.15, 0.2) is 23.3 Å². The second-order valence-corrected chi connectivity index (χ2v) is 8.49. The predicted octanol–water partition coefficient (Wildman–Crippen LogP) is 4.14. The van der Waals surface area contributed by atoms with Crippen LogP contribution in [0.5, 0.6) is 17.2 Å². The number of rotatable bonds is 7. The largest absolute Gasteiger partial charge is 0.493 e. The predicted molar refractivity (Wildman–Crippen MR) is 126 cm³/mol. The molecule has 2 N–H and O–H groups in total. The third-order valence-corrected chi connectivity index (χ3v) is 6.23. The van der Waals surface area contributed by atoms with E-state index in [1.807, 2.05) is 0 Å². The summed E-state index contributed by atoms with van der Waals surface area (Å²) in [6, 6.07) is 8.08. The van der Waals surface area contributed by atoms with Gasteiger partial charge in [0.2, 0.25) is 5.75 Å². The van der Waals surface area contributed by atoms with E-state index in [9.17, 15) is 9.59 Å². The van der Waals surface area contributed by atoms with Crippen LogP contribution in [-0.2, 0) is 4.79 Å². The van der Waals surface area contributed by atoms with Gasteiger partial charge in [0.05, 0.1) is 30.0 Å². The number of amides is 2. The van der Waals surface area contributed by atoms with Crippen molar-refractivity contribution in [2.45, 2.75) is 6.42 Å². The summed E-state index contributed by atoms with van der Waals surface area (Å²) in [5, 5.41) is 1.36. The Kier molecular flexibility index (Phi) is 8.11. The highest BCUT2D eigenvalue weighted by Gasteiger charge is 2.27. The van der Waals surface area contributed by atoms with Gasteiger partial charge in [-0.1, -0.05) is 35.0 Å². The highest BCUT2D eigenvalue weighted by Crippen LogP contribution is 2.39. The Morgan fingerprint density at radius 2 is 1.81 bits per heavy atom. The molecule has 32 heavy (non-hydrogen) atoms. The fourth-order valence-corrected chi connectivity index (χ4v) is 4.20. The van der Waals surface area contributed by atoms with Gasteiger partial charge in [0.1, 0.15) is 0 Å². The second kappa shape index (κ2) is 10.8. The molecule has 1 saturated heterocycles. The van der Waals surface area contributed by atoms with E-state index in [0.29, 0.717) is 33.0 Å². The van der Waals surface area contributed by atoms with Crippen molar-refractivity contribution in [3.63, 3.8) is 0 Å². The van der Waals surface area contributed by atoms with Crippen LogP contribution in [0.4, 0.5) is 5.69 Å². The SMILES string of the molecule is COc1cc(C(=O)N2CCCSC2=Nc2ccc(Cl)c(Cl)c2)cc(OC)c1OCC(N)=O. The van der Waals surface area contributed by atoms with Crippen molar-refractivity contribution in [1.82, 2.24) is 4.90 Å². The van der Waals surface area contributed by atoms with Gasteiger partial charge in [-0.2, -0.15) is 0 Å². The third kappa shape index (κ3) is 5.59. The molecular weight excluding hydrogens is 477 g/mol. The summed E-state index contributed by atoms with van der Waals surface area (Å²) in [6.45, 7) is 0.139. The molecule has 2 amide bonds. The normalized spacial score (nSPS) is 14.9. The first kappa shape index (κ1) is 24.0. The standard InChI is InChI=1S/C21H21Cl2N3O5S/c1-29-16-8-12(9-17(30-2)19(16)31-11-18(24)27)20(28)26-6-3-7-32-21(26)25-13-4-5-14(22)15(23)10-13/h4-5,8-10H,3,6-7,11H2,1-2H3,(H2,24,27). The maximum absolute atomic E-state index is 13.4. The van der Waals surface area contributed by atoms with Crippen molar-refractivity contribution in [2.24, 2.45) is 10.7 Å². The number of primary amides is 1. The van der Waals surface area contributed by atoms with Crippen LogP contribution in [0.15, 0.2) is 35.3 Å². The van der Waals surface area contributed by atoms with Crippen LogP contribution >= 0.6 is 35.0 Å². The number of ether oxygens (including phenoxy) is 3. The molecule has 1 aliphatic rings. The van der Waals surface area contributed by atoms with Crippen LogP contribution in [0.2, 0.25) is 10.0 Å². The van der Waals surface area contributed by atoms with Crippen LogP contribution in [0.1, 0.15) is 16.8 Å². The van der Waals surface area contributed by atoms with Gasteiger partial charge in [-0.25, -0.2) is 4.99 Å². The number of hydrogen-bond acceptors (Lipinski definition) is 7. The van der Waals surface area contributed by atoms with Crippen LogP contribution in [0, 0.1) is 0 Å². The molecule has 3 rings (SSSR count). The fraction of sp³-hybridized carbons (Fsp3) is 0.286. The van der Waals surface area contributed by atoms with Crippen molar-refractivity contribution in [1.29, 1.82) is 0 Å². The smallest absolute Gasteiger partial charge is 0.260 e. The van der Waals surface area contributed by atoms with E-state index in [4.69, 9.17) is 43.1 Å². The quantitative estimate of drug-likeness (QED) is 0.616. The minimum Gasteiger partial charge on any atom is -0.493 e. The molecule has 1 fully saturated rings. The molecule has 11 heteroatoms. The summed E-state index contributed by atoms with van der Waals surface area (Å²) >= 11 is 13.6. The first-order chi connectivity index (χ1) is 15.3. The number of thioether (sulfide) groups is 1. The number of hydrogen-bond donors (Lipinski definition) is 1. The average Bonchev–Trinajstić information content (AvgIpc) is 2.79. The Morgan fingerprint density at radius 3 is 2.41 bits per heavy atom. The number of carbonyl (C=O) groups excluding carboxylic acids is 2. The molecule has 2 aromatic carbocycles. The maximum Gasteiger partial charge on any atom is 0.260 e. The van der Waals surface area contributed by atoms with Gasteiger partial charge >= 0.3 is 0 Å². The number of amidine groups is 1. The Balaban J connectivity index is 1.95. The van der Waals surface area contributed by atoms with Crippen molar-refractivity contribution in [3.05, 3.63) is 45.9 Å². The van der Waals surface area contributed by atoms with Gasteiger partial charge < -0.3 is 19.9 Å². The first-order valence-corrected chi connectivity index (χ1v) is 11.2. The molecule has 8 nitrogen and oxygen atoms in total. The molecule has 1 heterocycles. The van der Waals surface area contributed by atoms with Crippen molar-refractivity contribution >= 4 is 57.6 Å². The molecule has 2 aromatic rings. The molecule has 0 bridgehead atoms. The second-order valence-electron chi connectivity index (χ2n) is 6.62. The monoisotopic (exact) mass is 497 g/mol. The van der Waals surface area contributed by atoms with E-state index in [1.54, 1.807) is 23.1 Å². The maximum atomic E-state index is 13.4. The fourth-order valence-electron chi connectivity index (χ4n) is 2.95. The Bertz CT molecular complexity index is 1040. The van der Waals surface area contributed by atoms with Crippen molar-refractivity contribution in [2.75, 3.05) is 33.1 Å². The summed E-state index contributed by atoms with van der Waals surface area (Å²) in [7, 11) is 2.85. The van der Waals surface area contributed by atoms with Gasteiger partial charge in [-0.05, 0) is 36.8 Å². The van der Waals surface area contributed by atoms with Crippen molar-refractivity contribution < 1.29 is 23.8 Å². The summed E-state index contributed by atoms with van der Waals surface area (Å²) in [5.41, 5.74) is 6.06. The van der Waals surface area contributed by atoms with Gasteiger partial charge in [0, 0.05) is 17.9 Å². The van der Waals surface area contributed by atoms with E-state index in [-0.39, 0.29) is 29.8 Å². The van der Waals surface area contributed by atoms with E-state index < -0.39 is 5.91 Å². The van der Waals surface area contributed by atoms with Crippen LogP contribution in [-0.4, -0.2) is 55.0 Å². The topological polar surface area (TPSA) is 103 Å². The Labute approximate surface area is 199 Å². The molecule has 0 radical (unpaired) electrons. The van der Waals surface area contributed by atoms with Gasteiger partial charge in [0.25, 0.3) is 11.8 Å². The number of nitrogens with zero attached hydrogens (tertiary/aromatic N) is 2. The zero-order chi connectivity index (χ0) is 23.3. The number of carbonyl (C=O) groups is 2. The van der Waals surface area contributed by atoms with Crippen LogP contribution < -0.4 is 19.9 Å². The number of halogens is 2. The summed E-state index contributed by atoms with van der Waals surface area (Å²) < 4.78 is 16.1. The third-order valence-electron chi connectivity index (χ3n) is 4.43. The number of benzene rings is 2. The highest BCUT2D eigenvalue weighted by atomic mass is 35.5. The molecule has 170 valence electrons. The number of nitrogens with two attached hydrogens (primary N) is 1. The molecule has 0 aliphatic carbocycles. The minimum atomic E-state index is -0.650. The number of methoxy groups -OCH3 is 2. The van der Waals surface area contributed by atoms with E-state index >= 15 is 0 Å². The summed E-state index contributed by atoms with van der Waals surface area (Å²) in [5.74, 6) is 0.555. The Morgan fingerprint density at radius 1 is 1.12 bits per heavy atom. The lowest BCUT2D eigenvalue weighted by Crippen LogP contribution is -2.39. The van der Waals surface area contributed by atoms with Crippen LogP contribution in [0.25, 0.3) is 0 Å². The molecule has 0 aromatic heterocycles. The van der Waals surface area contributed by atoms with Gasteiger partial charge in [-0.3, -0.25) is 14.5 Å². The highest BCUT2D eigenvalue weighted by molar-refractivity contribution is 8.13.